The second-order valence-electron chi connectivity index (χ2n) is 7.57. The van der Waals surface area contributed by atoms with Crippen LogP contribution in [0.4, 0.5) is 4.79 Å². The summed E-state index contributed by atoms with van der Waals surface area (Å²) in [4.78, 5) is 26.0. The van der Waals surface area contributed by atoms with Crippen LogP contribution in [0.2, 0.25) is 0 Å². The van der Waals surface area contributed by atoms with Crippen LogP contribution >= 0.6 is 0 Å². The van der Waals surface area contributed by atoms with Gasteiger partial charge in [0.15, 0.2) is 0 Å². The monoisotopic (exact) mass is 377 g/mol. The molecule has 1 saturated heterocycles. The first kappa shape index (κ1) is 18.3. The van der Waals surface area contributed by atoms with Crippen molar-refractivity contribution in [1.82, 2.24) is 4.90 Å². The van der Waals surface area contributed by atoms with E-state index in [1.165, 1.54) is 4.90 Å². The normalized spacial score (nSPS) is 24.0. The van der Waals surface area contributed by atoms with Crippen molar-refractivity contribution in [2.45, 2.75) is 25.5 Å². The van der Waals surface area contributed by atoms with Gasteiger partial charge in [0.1, 0.15) is 6.10 Å². The zero-order valence-corrected chi connectivity index (χ0v) is 15.7. The van der Waals surface area contributed by atoms with Gasteiger partial charge in [0.25, 0.3) is 0 Å². The van der Waals surface area contributed by atoms with Gasteiger partial charge >= 0.3 is 12.1 Å². The first-order chi connectivity index (χ1) is 13.5. The molecule has 2 heterocycles. The number of benzene rings is 2. The molecule has 5 heteroatoms. The Morgan fingerprint density at radius 1 is 1.07 bits per heavy atom. The van der Waals surface area contributed by atoms with E-state index in [1.54, 1.807) is 12.1 Å². The molecule has 2 aromatic rings. The Kier molecular flexibility index (Phi) is 4.90. The maximum absolute atomic E-state index is 12.8. The summed E-state index contributed by atoms with van der Waals surface area (Å²) in [5, 5.41) is 9.60. The fourth-order valence-corrected chi connectivity index (χ4v) is 4.25. The zero-order chi connectivity index (χ0) is 19.7. The SMILES string of the molecule is Cc1ccc(C(=O)OC(c2ccccc2)C2CC3C=CC2N(C(=O)O)C3)cc1. The molecule has 0 saturated carbocycles. The minimum atomic E-state index is -0.930. The molecule has 2 bridgehead atoms. The first-order valence-electron chi connectivity index (χ1n) is 9.53. The van der Waals surface area contributed by atoms with E-state index in [4.69, 9.17) is 4.74 Å². The number of carboxylic acid groups (broad SMARTS) is 1. The number of rotatable bonds is 4. The van der Waals surface area contributed by atoms with E-state index < -0.39 is 12.2 Å². The summed E-state index contributed by atoms with van der Waals surface area (Å²) >= 11 is 0. The summed E-state index contributed by atoms with van der Waals surface area (Å²) in [7, 11) is 0. The van der Waals surface area contributed by atoms with Gasteiger partial charge in [-0.3, -0.25) is 0 Å². The number of amides is 1. The summed E-state index contributed by atoms with van der Waals surface area (Å²) in [5.41, 5.74) is 2.46. The highest BCUT2D eigenvalue weighted by Crippen LogP contribution is 2.43. The Morgan fingerprint density at radius 2 is 1.79 bits per heavy atom. The topological polar surface area (TPSA) is 66.8 Å². The third kappa shape index (κ3) is 3.52. The number of hydrogen-bond acceptors (Lipinski definition) is 3. The van der Waals surface area contributed by atoms with Crippen molar-refractivity contribution in [3.05, 3.63) is 83.4 Å². The first-order valence-corrected chi connectivity index (χ1v) is 9.53. The molecule has 28 heavy (non-hydrogen) atoms. The molecule has 3 aliphatic rings. The van der Waals surface area contributed by atoms with Crippen molar-refractivity contribution in [2.75, 3.05) is 6.54 Å². The fourth-order valence-electron chi connectivity index (χ4n) is 4.25. The Morgan fingerprint density at radius 3 is 2.43 bits per heavy atom. The molecular weight excluding hydrogens is 354 g/mol. The van der Waals surface area contributed by atoms with E-state index in [2.05, 4.69) is 6.08 Å². The summed E-state index contributed by atoms with van der Waals surface area (Å²) in [6.07, 6.45) is 3.40. The lowest BCUT2D eigenvalue weighted by Gasteiger charge is -2.47. The lowest BCUT2D eigenvalue weighted by Crippen LogP contribution is -2.54. The van der Waals surface area contributed by atoms with Crippen molar-refractivity contribution in [2.24, 2.45) is 11.8 Å². The van der Waals surface area contributed by atoms with Gasteiger partial charge < -0.3 is 14.7 Å². The van der Waals surface area contributed by atoms with Gasteiger partial charge in [-0.1, -0.05) is 60.2 Å². The van der Waals surface area contributed by atoms with E-state index in [0.29, 0.717) is 12.1 Å². The van der Waals surface area contributed by atoms with Crippen LogP contribution in [0.1, 0.15) is 34.0 Å². The molecule has 1 fully saturated rings. The van der Waals surface area contributed by atoms with E-state index in [1.807, 2.05) is 55.5 Å². The maximum atomic E-state index is 12.8. The molecule has 1 amide bonds. The molecule has 2 aliphatic heterocycles. The van der Waals surface area contributed by atoms with Crippen LogP contribution in [-0.4, -0.2) is 34.7 Å². The molecule has 5 rings (SSSR count). The minimum Gasteiger partial charge on any atom is -0.465 e. The zero-order valence-electron chi connectivity index (χ0n) is 15.7. The average molecular weight is 377 g/mol. The van der Waals surface area contributed by atoms with Gasteiger partial charge in [0.2, 0.25) is 0 Å². The maximum Gasteiger partial charge on any atom is 0.407 e. The van der Waals surface area contributed by atoms with E-state index in [-0.39, 0.29) is 23.8 Å². The number of carbonyl (C=O) groups is 2. The molecule has 4 unspecified atom stereocenters. The third-order valence-corrected chi connectivity index (χ3v) is 5.67. The van der Waals surface area contributed by atoms with Crippen LogP contribution in [0.15, 0.2) is 66.7 Å². The van der Waals surface area contributed by atoms with Crippen molar-refractivity contribution in [1.29, 1.82) is 0 Å². The summed E-state index contributed by atoms with van der Waals surface area (Å²) < 4.78 is 5.99. The van der Waals surface area contributed by atoms with Gasteiger partial charge in [0, 0.05) is 12.5 Å². The number of fused-ring (bicyclic) bond motifs is 2. The molecular formula is C23H23NO4. The van der Waals surface area contributed by atoms with Crippen molar-refractivity contribution >= 4 is 12.1 Å². The Labute approximate surface area is 164 Å². The fraction of sp³-hybridized carbons (Fsp3) is 0.304. The number of hydrogen-bond donors (Lipinski definition) is 1. The molecule has 0 radical (unpaired) electrons. The molecule has 144 valence electrons. The van der Waals surface area contributed by atoms with Crippen LogP contribution < -0.4 is 0 Å². The Balaban J connectivity index is 1.65. The number of ether oxygens (including phenoxy) is 1. The molecule has 0 aromatic heterocycles. The quantitative estimate of drug-likeness (QED) is 0.631. The van der Waals surface area contributed by atoms with Crippen molar-refractivity contribution in [3.63, 3.8) is 0 Å². The molecule has 4 atom stereocenters. The van der Waals surface area contributed by atoms with Gasteiger partial charge in [0.05, 0.1) is 11.6 Å². The van der Waals surface area contributed by atoms with Gasteiger partial charge in [-0.2, -0.15) is 0 Å². The Hall–Kier alpha value is -3.08. The number of aryl methyl sites for hydroxylation is 1. The van der Waals surface area contributed by atoms with Crippen molar-refractivity contribution < 1.29 is 19.4 Å². The third-order valence-electron chi connectivity index (χ3n) is 5.67. The highest BCUT2D eigenvalue weighted by Gasteiger charge is 2.45. The average Bonchev–Trinajstić information content (AvgIpc) is 2.73. The molecule has 2 aromatic carbocycles. The van der Waals surface area contributed by atoms with Crippen LogP contribution in [-0.2, 0) is 4.74 Å². The minimum absolute atomic E-state index is 0.114. The van der Waals surface area contributed by atoms with Gasteiger partial charge in [-0.15, -0.1) is 0 Å². The predicted octanol–water partition coefficient (Wildman–Crippen LogP) is 4.45. The molecule has 1 N–H and O–H groups in total. The van der Waals surface area contributed by atoms with Crippen LogP contribution in [0.25, 0.3) is 0 Å². The molecule has 0 spiro atoms. The van der Waals surface area contributed by atoms with E-state index >= 15 is 0 Å². The van der Waals surface area contributed by atoms with E-state index in [0.717, 1.165) is 17.5 Å². The second kappa shape index (κ2) is 7.50. The lowest BCUT2D eigenvalue weighted by atomic mass is 9.73. The number of nitrogens with zero attached hydrogens (tertiary/aromatic N) is 1. The molecule has 5 nitrogen and oxygen atoms in total. The number of piperidine rings is 1. The van der Waals surface area contributed by atoms with E-state index in [9.17, 15) is 14.7 Å². The highest BCUT2D eigenvalue weighted by molar-refractivity contribution is 5.89. The van der Waals surface area contributed by atoms with Crippen molar-refractivity contribution in [3.8, 4) is 0 Å². The predicted molar refractivity (Wildman–Crippen MR) is 105 cm³/mol. The number of esters is 1. The summed E-state index contributed by atoms with van der Waals surface area (Å²) in [6.45, 7) is 2.47. The Bertz CT molecular complexity index is 891. The van der Waals surface area contributed by atoms with Crippen LogP contribution in [0.3, 0.4) is 0 Å². The smallest absolute Gasteiger partial charge is 0.407 e. The largest absolute Gasteiger partial charge is 0.465 e. The van der Waals surface area contributed by atoms with Crippen LogP contribution in [0, 0.1) is 18.8 Å². The van der Waals surface area contributed by atoms with Gasteiger partial charge in [-0.05, 0) is 37.0 Å². The van der Waals surface area contributed by atoms with Gasteiger partial charge in [-0.25, -0.2) is 9.59 Å². The van der Waals surface area contributed by atoms with Crippen LogP contribution in [0.5, 0.6) is 0 Å². The number of carbonyl (C=O) groups excluding carboxylic acids is 1. The second-order valence-corrected chi connectivity index (χ2v) is 7.57. The lowest BCUT2D eigenvalue weighted by molar-refractivity contribution is -0.0221. The highest BCUT2D eigenvalue weighted by atomic mass is 16.5. The molecule has 1 aliphatic carbocycles. The standard InChI is InChI=1S/C23H23NO4/c1-15-7-10-18(11-8-15)22(25)28-21(17-5-3-2-4-6-17)19-13-16-9-12-20(19)24(14-16)23(26)27/h2-12,16,19-21H,13-14H2,1H3,(H,26,27). The summed E-state index contributed by atoms with van der Waals surface area (Å²) in [6, 6.07) is 16.6. The summed E-state index contributed by atoms with van der Waals surface area (Å²) in [5.74, 6) is -0.354.